The van der Waals surface area contributed by atoms with Gasteiger partial charge in [-0.15, -0.1) is 0 Å². The molecule has 0 aliphatic heterocycles. The Morgan fingerprint density at radius 3 is 2.38 bits per heavy atom. The van der Waals surface area contributed by atoms with Crippen molar-refractivity contribution in [3.8, 4) is 11.8 Å². The maximum Gasteiger partial charge on any atom is 0.335 e. The Morgan fingerprint density at radius 2 is 1.78 bits per heavy atom. The third-order valence-corrected chi connectivity index (χ3v) is 4.62. The van der Waals surface area contributed by atoms with E-state index in [0.29, 0.717) is 17.0 Å². The number of nitriles is 1. The standard InChI is InChI=1S/C24H16ClFN2O4/c25-21-12-16(11-18(13-27)23(29)28-20-8-6-19(26)7-9-20)3-10-22(21)32-14-15-1-4-17(5-2-15)24(30)31/h1-12H,14H2,(H,28,29)(H,30,31)/b18-11+. The minimum absolute atomic E-state index is 0.155. The van der Waals surface area contributed by atoms with Crippen molar-refractivity contribution in [3.63, 3.8) is 0 Å². The van der Waals surface area contributed by atoms with E-state index >= 15 is 0 Å². The average Bonchev–Trinajstić information content (AvgIpc) is 2.78. The van der Waals surface area contributed by atoms with E-state index in [-0.39, 0.29) is 22.8 Å². The molecule has 0 aliphatic carbocycles. The van der Waals surface area contributed by atoms with Gasteiger partial charge in [0, 0.05) is 5.69 Å². The molecule has 6 nitrogen and oxygen atoms in total. The van der Waals surface area contributed by atoms with Crippen LogP contribution in [0.1, 0.15) is 21.5 Å². The minimum atomic E-state index is -1.01. The quantitative estimate of drug-likeness (QED) is 0.375. The maximum absolute atomic E-state index is 13.0. The molecule has 3 rings (SSSR count). The maximum atomic E-state index is 13.0. The number of nitrogens with one attached hydrogen (secondary N) is 1. The van der Waals surface area contributed by atoms with E-state index in [2.05, 4.69) is 5.32 Å². The molecule has 0 aromatic heterocycles. The van der Waals surface area contributed by atoms with Crippen LogP contribution in [-0.4, -0.2) is 17.0 Å². The van der Waals surface area contributed by atoms with Crippen molar-refractivity contribution in [1.82, 2.24) is 0 Å². The Labute approximate surface area is 188 Å². The number of ether oxygens (including phenoxy) is 1. The number of hydrogen-bond acceptors (Lipinski definition) is 4. The van der Waals surface area contributed by atoms with Crippen LogP contribution in [0.2, 0.25) is 5.02 Å². The summed E-state index contributed by atoms with van der Waals surface area (Å²) in [6.45, 7) is 0.179. The van der Waals surface area contributed by atoms with Crippen LogP contribution in [0, 0.1) is 17.1 Å². The van der Waals surface area contributed by atoms with E-state index in [1.54, 1.807) is 30.3 Å². The number of aromatic carboxylic acids is 1. The second kappa shape index (κ2) is 10.2. The molecular formula is C24H16ClFN2O4. The summed E-state index contributed by atoms with van der Waals surface area (Å²) >= 11 is 6.26. The molecule has 1 amide bonds. The highest BCUT2D eigenvalue weighted by atomic mass is 35.5. The second-order valence-corrected chi connectivity index (χ2v) is 7.02. The Balaban J connectivity index is 1.67. The zero-order valence-corrected chi connectivity index (χ0v) is 17.3. The number of carboxylic acid groups (broad SMARTS) is 1. The van der Waals surface area contributed by atoms with Crippen LogP contribution in [0.3, 0.4) is 0 Å². The summed E-state index contributed by atoms with van der Waals surface area (Å²) in [5.74, 6) is -1.69. The largest absolute Gasteiger partial charge is 0.487 e. The van der Waals surface area contributed by atoms with Crippen LogP contribution >= 0.6 is 11.6 Å². The van der Waals surface area contributed by atoms with Crippen molar-refractivity contribution in [3.05, 3.63) is 99.8 Å². The fourth-order valence-corrected chi connectivity index (χ4v) is 2.92. The molecule has 2 N–H and O–H groups in total. The lowest BCUT2D eigenvalue weighted by molar-refractivity contribution is -0.112. The fraction of sp³-hybridized carbons (Fsp3) is 0.0417. The number of hydrogen-bond donors (Lipinski definition) is 2. The van der Waals surface area contributed by atoms with E-state index in [9.17, 15) is 19.2 Å². The molecular weight excluding hydrogens is 435 g/mol. The van der Waals surface area contributed by atoms with Crippen LogP contribution in [0.5, 0.6) is 5.75 Å². The van der Waals surface area contributed by atoms with Crippen molar-refractivity contribution >= 4 is 35.2 Å². The summed E-state index contributed by atoms with van der Waals surface area (Å²) in [7, 11) is 0. The van der Waals surface area contributed by atoms with Gasteiger partial charge in [-0.25, -0.2) is 9.18 Å². The first-order valence-corrected chi connectivity index (χ1v) is 9.67. The SMILES string of the molecule is N#C/C(=C\c1ccc(OCc2ccc(C(=O)O)cc2)c(Cl)c1)C(=O)Nc1ccc(F)cc1. The smallest absolute Gasteiger partial charge is 0.335 e. The van der Waals surface area contributed by atoms with Gasteiger partial charge in [0.25, 0.3) is 5.91 Å². The Morgan fingerprint density at radius 1 is 1.09 bits per heavy atom. The molecule has 3 aromatic rings. The Hall–Kier alpha value is -4.15. The van der Waals surface area contributed by atoms with Gasteiger partial charge < -0.3 is 15.2 Å². The van der Waals surface area contributed by atoms with Crippen molar-refractivity contribution < 1.29 is 23.8 Å². The lowest BCUT2D eigenvalue weighted by Gasteiger charge is -2.09. The van der Waals surface area contributed by atoms with Crippen LogP contribution in [0.25, 0.3) is 6.08 Å². The van der Waals surface area contributed by atoms with E-state index < -0.39 is 17.7 Å². The molecule has 0 atom stereocenters. The first-order valence-electron chi connectivity index (χ1n) is 9.29. The zero-order chi connectivity index (χ0) is 23.1. The van der Waals surface area contributed by atoms with E-state index in [1.165, 1.54) is 42.5 Å². The van der Waals surface area contributed by atoms with Crippen LogP contribution in [0.4, 0.5) is 10.1 Å². The molecule has 8 heteroatoms. The highest BCUT2D eigenvalue weighted by Gasteiger charge is 2.11. The van der Waals surface area contributed by atoms with Crippen LogP contribution in [0.15, 0.2) is 72.3 Å². The second-order valence-electron chi connectivity index (χ2n) is 6.61. The molecule has 0 saturated heterocycles. The number of benzene rings is 3. The zero-order valence-electron chi connectivity index (χ0n) is 16.5. The number of carbonyl (C=O) groups is 2. The predicted octanol–water partition coefficient (Wildman–Crippen LogP) is 5.30. The van der Waals surface area contributed by atoms with Gasteiger partial charge in [0.2, 0.25) is 0 Å². The molecule has 0 saturated carbocycles. The van der Waals surface area contributed by atoms with Crippen molar-refractivity contribution in [2.24, 2.45) is 0 Å². The van der Waals surface area contributed by atoms with Crippen molar-refractivity contribution in [2.45, 2.75) is 6.61 Å². The summed E-state index contributed by atoms with van der Waals surface area (Å²) in [4.78, 5) is 23.2. The number of anilines is 1. The normalized spacial score (nSPS) is 10.8. The molecule has 0 radical (unpaired) electrons. The summed E-state index contributed by atoms with van der Waals surface area (Å²) < 4.78 is 18.7. The third-order valence-electron chi connectivity index (χ3n) is 4.33. The first-order chi connectivity index (χ1) is 15.4. The third kappa shape index (κ3) is 5.94. The lowest BCUT2D eigenvalue weighted by Crippen LogP contribution is -2.13. The van der Waals surface area contributed by atoms with Crippen LogP contribution in [-0.2, 0) is 11.4 Å². The lowest BCUT2D eigenvalue weighted by atomic mass is 10.1. The fourth-order valence-electron chi connectivity index (χ4n) is 2.68. The average molecular weight is 451 g/mol. The molecule has 0 heterocycles. The first kappa shape index (κ1) is 22.5. The number of carboxylic acids is 1. The molecule has 32 heavy (non-hydrogen) atoms. The van der Waals surface area contributed by atoms with Gasteiger partial charge in [-0.1, -0.05) is 29.8 Å². The van der Waals surface area contributed by atoms with Gasteiger partial charge in [0.15, 0.2) is 0 Å². The number of carbonyl (C=O) groups excluding carboxylic acids is 1. The summed E-state index contributed by atoms with van der Waals surface area (Å²) in [5.41, 5.74) is 1.66. The molecule has 160 valence electrons. The van der Waals surface area contributed by atoms with Gasteiger partial charge in [0.1, 0.15) is 29.8 Å². The monoisotopic (exact) mass is 450 g/mol. The van der Waals surface area contributed by atoms with Gasteiger partial charge in [-0.2, -0.15) is 5.26 Å². The number of halogens is 2. The predicted molar refractivity (Wildman–Crippen MR) is 118 cm³/mol. The number of nitrogens with zero attached hydrogens (tertiary/aromatic N) is 1. The van der Waals surface area contributed by atoms with E-state index in [1.807, 2.05) is 6.07 Å². The van der Waals surface area contributed by atoms with E-state index in [0.717, 1.165) is 5.56 Å². The number of amides is 1. The molecule has 0 bridgehead atoms. The van der Waals surface area contributed by atoms with Gasteiger partial charge in [-0.3, -0.25) is 4.79 Å². The van der Waals surface area contributed by atoms with Crippen LogP contribution < -0.4 is 10.1 Å². The Kier molecular flexibility index (Phi) is 7.21. The molecule has 0 aliphatic rings. The Bertz CT molecular complexity index is 1220. The highest BCUT2D eigenvalue weighted by Crippen LogP contribution is 2.27. The number of rotatable bonds is 7. The van der Waals surface area contributed by atoms with Gasteiger partial charge >= 0.3 is 5.97 Å². The van der Waals surface area contributed by atoms with Gasteiger partial charge in [-0.05, 0) is 65.7 Å². The summed E-state index contributed by atoms with van der Waals surface area (Å²) in [5, 5.41) is 21.1. The molecule has 3 aromatic carbocycles. The summed E-state index contributed by atoms with van der Waals surface area (Å²) in [6.07, 6.45) is 1.37. The van der Waals surface area contributed by atoms with Crippen molar-refractivity contribution in [1.29, 1.82) is 5.26 Å². The molecule has 0 unspecified atom stereocenters. The van der Waals surface area contributed by atoms with E-state index in [4.69, 9.17) is 21.4 Å². The minimum Gasteiger partial charge on any atom is -0.487 e. The highest BCUT2D eigenvalue weighted by molar-refractivity contribution is 6.32. The van der Waals surface area contributed by atoms with Crippen molar-refractivity contribution in [2.75, 3.05) is 5.32 Å². The molecule has 0 spiro atoms. The molecule has 0 fully saturated rings. The summed E-state index contributed by atoms with van der Waals surface area (Å²) in [6, 6.07) is 18.1. The topological polar surface area (TPSA) is 99.4 Å². The van der Waals surface area contributed by atoms with Gasteiger partial charge in [0.05, 0.1) is 10.6 Å².